The van der Waals surface area contributed by atoms with Crippen LogP contribution in [0.15, 0.2) is 4.99 Å². The van der Waals surface area contributed by atoms with E-state index >= 15 is 0 Å². The number of halogens is 1. The molecule has 4 atom stereocenters. The Morgan fingerprint density at radius 1 is 1.30 bits per heavy atom. The standard InChI is InChI=1S/C17H29N3OS.HI/c1-2-18-16(19-11-12-5-3-10-22-12)20-14-13-6-9-21-15(13)17(14)7-4-8-17;/h12-15H,2-11H2,1H3,(H2,18,19,20);1H. The van der Waals surface area contributed by atoms with Gasteiger partial charge in [-0.3, -0.25) is 4.99 Å². The Balaban J connectivity index is 0.00000156. The van der Waals surface area contributed by atoms with Gasteiger partial charge in [-0.2, -0.15) is 11.8 Å². The molecule has 4 unspecified atom stereocenters. The highest BCUT2D eigenvalue weighted by Crippen LogP contribution is 2.62. The highest BCUT2D eigenvalue weighted by molar-refractivity contribution is 14.0. The number of ether oxygens (including phenoxy) is 1. The van der Waals surface area contributed by atoms with Gasteiger partial charge in [0, 0.05) is 35.8 Å². The van der Waals surface area contributed by atoms with Crippen LogP contribution in [0.25, 0.3) is 0 Å². The lowest BCUT2D eigenvalue weighted by molar-refractivity contribution is -0.171. The highest BCUT2D eigenvalue weighted by atomic mass is 127. The number of thioether (sulfide) groups is 1. The second-order valence-corrected chi connectivity index (χ2v) is 8.72. The first-order chi connectivity index (χ1) is 10.8. The molecule has 6 heteroatoms. The van der Waals surface area contributed by atoms with Gasteiger partial charge in [-0.25, -0.2) is 0 Å². The minimum atomic E-state index is 0. The smallest absolute Gasteiger partial charge is 0.191 e. The zero-order valence-corrected chi connectivity index (χ0v) is 17.2. The summed E-state index contributed by atoms with van der Waals surface area (Å²) < 4.78 is 6.02. The van der Waals surface area contributed by atoms with Crippen molar-refractivity contribution in [3.8, 4) is 0 Å². The van der Waals surface area contributed by atoms with E-state index in [0.717, 1.165) is 30.9 Å². The molecule has 0 amide bonds. The number of nitrogens with zero attached hydrogens (tertiary/aromatic N) is 1. The number of rotatable bonds is 4. The van der Waals surface area contributed by atoms with E-state index in [1.165, 1.54) is 44.3 Å². The third-order valence-electron chi connectivity index (χ3n) is 6.15. The second kappa shape index (κ2) is 7.68. The third kappa shape index (κ3) is 3.24. The average molecular weight is 451 g/mol. The first-order valence-corrected chi connectivity index (χ1v) is 10.2. The van der Waals surface area contributed by atoms with Gasteiger partial charge >= 0.3 is 0 Å². The Labute approximate surface area is 161 Å². The van der Waals surface area contributed by atoms with Gasteiger partial charge in [0.05, 0.1) is 12.6 Å². The minimum absolute atomic E-state index is 0. The molecular weight excluding hydrogens is 421 g/mol. The largest absolute Gasteiger partial charge is 0.377 e. The maximum atomic E-state index is 6.02. The molecule has 2 heterocycles. The Morgan fingerprint density at radius 2 is 2.17 bits per heavy atom. The summed E-state index contributed by atoms with van der Waals surface area (Å²) in [6.45, 7) is 5.02. The van der Waals surface area contributed by atoms with Gasteiger partial charge in [-0.05, 0) is 44.8 Å². The summed E-state index contributed by atoms with van der Waals surface area (Å²) in [5.41, 5.74) is 0.430. The maximum absolute atomic E-state index is 6.02. The molecule has 2 aliphatic heterocycles. The summed E-state index contributed by atoms with van der Waals surface area (Å²) >= 11 is 2.09. The molecule has 2 aliphatic carbocycles. The summed E-state index contributed by atoms with van der Waals surface area (Å²) in [7, 11) is 0. The molecule has 0 aromatic rings. The Hall–Kier alpha value is 0.310. The van der Waals surface area contributed by atoms with Crippen LogP contribution in [0.4, 0.5) is 0 Å². The van der Waals surface area contributed by atoms with Crippen molar-refractivity contribution in [1.29, 1.82) is 0 Å². The number of guanidine groups is 1. The molecular formula is C17H30IN3OS. The number of aliphatic imine (C=N–C) groups is 1. The van der Waals surface area contributed by atoms with Gasteiger partial charge < -0.3 is 15.4 Å². The van der Waals surface area contributed by atoms with Crippen molar-refractivity contribution < 1.29 is 4.74 Å². The number of hydrogen-bond donors (Lipinski definition) is 2. The first kappa shape index (κ1) is 18.1. The zero-order valence-electron chi connectivity index (χ0n) is 14.1. The van der Waals surface area contributed by atoms with E-state index in [1.54, 1.807) is 0 Å². The quantitative estimate of drug-likeness (QED) is 0.392. The Morgan fingerprint density at radius 3 is 2.83 bits per heavy atom. The van der Waals surface area contributed by atoms with Gasteiger partial charge in [0.1, 0.15) is 0 Å². The van der Waals surface area contributed by atoms with Crippen molar-refractivity contribution in [2.45, 2.75) is 62.8 Å². The number of hydrogen-bond acceptors (Lipinski definition) is 3. The molecule has 2 saturated heterocycles. The maximum Gasteiger partial charge on any atom is 0.191 e. The van der Waals surface area contributed by atoms with Crippen LogP contribution >= 0.6 is 35.7 Å². The average Bonchev–Trinajstić information content (AvgIpc) is 3.10. The van der Waals surface area contributed by atoms with E-state index in [4.69, 9.17) is 9.73 Å². The van der Waals surface area contributed by atoms with E-state index in [9.17, 15) is 0 Å². The fourth-order valence-corrected chi connectivity index (χ4v) is 6.08. The van der Waals surface area contributed by atoms with E-state index in [2.05, 4.69) is 29.3 Å². The molecule has 2 N–H and O–H groups in total. The van der Waals surface area contributed by atoms with Crippen LogP contribution in [0.2, 0.25) is 0 Å². The van der Waals surface area contributed by atoms with Crippen LogP contribution < -0.4 is 10.6 Å². The van der Waals surface area contributed by atoms with Gasteiger partial charge in [0.2, 0.25) is 0 Å². The number of nitrogens with one attached hydrogen (secondary N) is 2. The van der Waals surface area contributed by atoms with Crippen molar-refractivity contribution in [2.75, 3.05) is 25.4 Å². The van der Waals surface area contributed by atoms with Crippen molar-refractivity contribution in [3.05, 3.63) is 0 Å². The van der Waals surface area contributed by atoms with Gasteiger partial charge in [0.15, 0.2) is 5.96 Å². The lowest BCUT2D eigenvalue weighted by Crippen LogP contribution is -2.72. The molecule has 2 saturated carbocycles. The predicted molar refractivity (Wildman–Crippen MR) is 108 cm³/mol. The normalized spacial score (nSPS) is 37.5. The van der Waals surface area contributed by atoms with E-state index in [0.29, 0.717) is 23.5 Å². The van der Waals surface area contributed by atoms with Crippen molar-refractivity contribution in [2.24, 2.45) is 16.3 Å². The van der Waals surface area contributed by atoms with Crippen molar-refractivity contribution >= 4 is 41.7 Å². The summed E-state index contributed by atoms with van der Waals surface area (Å²) in [6, 6.07) is 0.586. The lowest BCUT2D eigenvalue weighted by Gasteiger charge is -2.63. The van der Waals surface area contributed by atoms with Gasteiger partial charge in [-0.1, -0.05) is 6.42 Å². The molecule has 1 spiro atoms. The van der Waals surface area contributed by atoms with E-state index in [-0.39, 0.29) is 24.0 Å². The fraction of sp³-hybridized carbons (Fsp3) is 0.941. The van der Waals surface area contributed by atoms with Crippen LogP contribution in [0.3, 0.4) is 0 Å². The van der Waals surface area contributed by atoms with Crippen LogP contribution in [0.1, 0.15) is 45.4 Å². The molecule has 4 rings (SSSR count). The molecule has 4 nitrogen and oxygen atoms in total. The Kier molecular flexibility index (Phi) is 6.05. The molecule has 23 heavy (non-hydrogen) atoms. The molecule has 132 valence electrons. The summed E-state index contributed by atoms with van der Waals surface area (Å²) in [5.74, 6) is 3.07. The summed E-state index contributed by atoms with van der Waals surface area (Å²) in [6.07, 6.45) is 8.50. The fourth-order valence-electron chi connectivity index (χ4n) is 4.90. The lowest BCUT2D eigenvalue weighted by atomic mass is 9.46. The van der Waals surface area contributed by atoms with E-state index < -0.39 is 0 Å². The third-order valence-corrected chi connectivity index (χ3v) is 7.53. The molecule has 0 radical (unpaired) electrons. The molecule has 0 aromatic heterocycles. The van der Waals surface area contributed by atoms with Crippen molar-refractivity contribution in [3.63, 3.8) is 0 Å². The first-order valence-electron chi connectivity index (χ1n) is 9.11. The van der Waals surface area contributed by atoms with Gasteiger partial charge in [0.25, 0.3) is 0 Å². The van der Waals surface area contributed by atoms with E-state index in [1.807, 2.05) is 0 Å². The van der Waals surface area contributed by atoms with Crippen LogP contribution in [0.5, 0.6) is 0 Å². The zero-order chi connectivity index (χ0) is 15.0. The molecule has 0 aromatic carbocycles. The highest BCUT2D eigenvalue weighted by Gasteiger charge is 2.66. The second-order valence-electron chi connectivity index (χ2n) is 7.31. The predicted octanol–water partition coefficient (Wildman–Crippen LogP) is 3.01. The van der Waals surface area contributed by atoms with Crippen LogP contribution in [-0.4, -0.2) is 48.8 Å². The minimum Gasteiger partial charge on any atom is -0.377 e. The van der Waals surface area contributed by atoms with Gasteiger partial charge in [-0.15, -0.1) is 24.0 Å². The summed E-state index contributed by atoms with van der Waals surface area (Å²) in [5, 5.41) is 7.99. The monoisotopic (exact) mass is 451 g/mol. The molecule has 4 fully saturated rings. The van der Waals surface area contributed by atoms with Crippen LogP contribution in [-0.2, 0) is 4.74 Å². The Bertz CT molecular complexity index is 438. The SMILES string of the molecule is CCNC(=NCC1CCCS1)NC1C2CCOC2C12CCC2.I. The summed E-state index contributed by atoms with van der Waals surface area (Å²) in [4.78, 5) is 4.89. The topological polar surface area (TPSA) is 45.7 Å². The van der Waals surface area contributed by atoms with Crippen LogP contribution in [0, 0.1) is 11.3 Å². The molecule has 0 bridgehead atoms. The van der Waals surface area contributed by atoms with Crippen molar-refractivity contribution in [1.82, 2.24) is 10.6 Å². The number of fused-ring (bicyclic) bond motifs is 2. The molecule has 4 aliphatic rings.